The normalized spacial score (nSPS) is 10.3. The smallest absolute Gasteiger partial charge is 0.377 e. The van der Waals surface area contributed by atoms with Crippen LogP contribution in [-0.4, -0.2) is 66.1 Å². The van der Waals surface area contributed by atoms with Crippen LogP contribution >= 0.6 is 34.3 Å². The van der Waals surface area contributed by atoms with E-state index in [4.69, 9.17) is 38.2 Å². The molecule has 0 atom stereocenters. The molecule has 0 saturated heterocycles. The molecule has 0 aliphatic carbocycles. The van der Waals surface area contributed by atoms with Crippen LogP contribution in [0, 0.1) is 0 Å². The van der Waals surface area contributed by atoms with Gasteiger partial charge in [0, 0.05) is 65.5 Å². The second-order valence-corrected chi connectivity index (χ2v) is 14.5. The minimum atomic E-state index is -2.35. The van der Waals surface area contributed by atoms with Crippen molar-refractivity contribution in [3.05, 3.63) is 45.3 Å². The first-order valence-electron chi connectivity index (χ1n) is 9.87. The number of hydrogen-bond donors (Lipinski definition) is 0. The molecule has 0 amide bonds. The molecule has 0 bridgehead atoms. The Balaban J connectivity index is -0.000000210. The Morgan fingerprint density at radius 2 is 1.12 bits per heavy atom. The van der Waals surface area contributed by atoms with Crippen LogP contribution in [-0.2, 0) is 33.0 Å². The minimum absolute atomic E-state index is 0. The van der Waals surface area contributed by atoms with E-state index in [0.29, 0.717) is 5.88 Å². The average Bonchev–Trinajstić information content (AvgIpc) is 3.56. The van der Waals surface area contributed by atoms with Crippen molar-refractivity contribution >= 4 is 51.9 Å². The van der Waals surface area contributed by atoms with Gasteiger partial charge in [0.25, 0.3) is 0 Å². The first-order chi connectivity index (χ1) is 15.0. The summed E-state index contributed by atoms with van der Waals surface area (Å²) >= 11 is 9.04. The van der Waals surface area contributed by atoms with Crippen LogP contribution in [0.1, 0.15) is 40.0 Å². The van der Waals surface area contributed by atoms with Crippen molar-refractivity contribution < 1.29 is 26.6 Å². The van der Waals surface area contributed by atoms with Gasteiger partial charge in [-0.2, -0.15) is 11.3 Å². The van der Waals surface area contributed by atoms with Gasteiger partial charge in [-0.15, -0.1) is 22.9 Å². The van der Waals surface area contributed by atoms with Crippen LogP contribution in [0.15, 0.2) is 40.4 Å². The van der Waals surface area contributed by atoms with E-state index in [1.54, 1.807) is 65.3 Å². The maximum Gasteiger partial charge on any atom is 0.500 e. The predicted molar refractivity (Wildman–Crippen MR) is 156 cm³/mol. The summed E-state index contributed by atoms with van der Waals surface area (Å²) in [6.45, 7) is 0. The number of alkyl halides is 1. The van der Waals surface area contributed by atoms with Gasteiger partial charge < -0.3 is 26.6 Å². The summed E-state index contributed by atoms with van der Waals surface area (Å²) in [6, 6.07) is 9.91. The quantitative estimate of drug-likeness (QED) is 0.180. The number of aryl methyl sites for hydroxylation is 1. The predicted octanol–water partition coefficient (Wildman–Crippen LogP) is 7.71. The molecule has 0 aliphatic rings. The van der Waals surface area contributed by atoms with Gasteiger partial charge >= 0.3 is 17.6 Å². The molecule has 0 saturated carbocycles. The van der Waals surface area contributed by atoms with E-state index in [1.807, 2.05) is 22.9 Å². The van der Waals surface area contributed by atoms with Gasteiger partial charge in [0.05, 0.1) is 0 Å². The van der Waals surface area contributed by atoms with E-state index in [0.717, 1.165) is 31.4 Å². The molecule has 0 aliphatic heterocycles. The molecule has 0 spiro atoms. The lowest BCUT2D eigenvalue weighted by Gasteiger charge is -2.24. The van der Waals surface area contributed by atoms with Crippen LogP contribution in [0.3, 0.4) is 0 Å². The maximum absolute atomic E-state index is 5.53. The van der Waals surface area contributed by atoms with E-state index in [9.17, 15) is 0 Å². The number of hydrogen-bond acceptors (Lipinski definition) is 8. The average molecular weight is 577 g/mol. The zero-order valence-corrected chi connectivity index (χ0v) is 23.8. The molecular formula is C23H49ClO6S2Si2. The summed E-state index contributed by atoms with van der Waals surface area (Å²) in [4.78, 5) is 1.40. The Morgan fingerprint density at radius 3 is 1.41 bits per heavy atom. The zero-order chi connectivity index (χ0) is 23.4. The summed E-state index contributed by atoms with van der Waals surface area (Å²) < 4.78 is 31.6. The summed E-state index contributed by atoms with van der Waals surface area (Å²) in [5, 5.41) is 6.18. The molecule has 2 aromatic rings. The molecule has 0 fully saturated rings. The standard InChI is InChI=1S/C10H18O3SSi.C6H15ClO3Si.C4H4S.3CH4/c1-11-15(12-2,13-3)9-5-7-10-6-4-8-14-10;1-8-11(9-2,10-3)6-4-5-7;1-2-4-5-3-1;;;/h4,6,8H,5,7,9H2,1-3H3;4-6H2,1-3H3;1-4H;3*1H4. The molecule has 11 heteroatoms. The molecule has 0 unspecified atom stereocenters. The van der Waals surface area contributed by atoms with Gasteiger partial charge in [0.2, 0.25) is 0 Å². The third-order valence-corrected chi connectivity index (χ3v) is 11.9. The van der Waals surface area contributed by atoms with E-state index in [1.165, 1.54) is 4.88 Å². The molecule has 6 nitrogen and oxygen atoms in total. The highest BCUT2D eigenvalue weighted by atomic mass is 35.5. The number of rotatable bonds is 13. The second-order valence-electron chi connectivity index (χ2n) is 6.11. The Labute approximate surface area is 225 Å². The fraction of sp³-hybridized carbons (Fsp3) is 0.652. The van der Waals surface area contributed by atoms with E-state index < -0.39 is 17.6 Å². The highest BCUT2D eigenvalue weighted by molar-refractivity contribution is 7.09. The lowest BCUT2D eigenvalue weighted by molar-refractivity contribution is 0.122. The fourth-order valence-corrected chi connectivity index (χ4v) is 7.56. The van der Waals surface area contributed by atoms with Crippen LogP contribution < -0.4 is 0 Å². The SMILES string of the molecule is C.C.C.CO[Si](CCCCl)(OC)OC.CO[Si](CCCc1cccs1)(OC)OC.c1ccsc1. The lowest BCUT2D eigenvalue weighted by Crippen LogP contribution is -2.42. The minimum Gasteiger partial charge on any atom is -0.377 e. The van der Waals surface area contributed by atoms with Crippen molar-refractivity contribution in [1.29, 1.82) is 0 Å². The summed E-state index contributed by atoms with van der Waals surface area (Å²) in [5.74, 6) is 0.616. The van der Waals surface area contributed by atoms with Crippen LogP contribution in [0.25, 0.3) is 0 Å². The second kappa shape index (κ2) is 26.0. The molecule has 34 heavy (non-hydrogen) atoms. The Bertz CT molecular complexity index is 565. The van der Waals surface area contributed by atoms with Gasteiger partial charge in [-0.3, -0.25) is 0 Å². The third kappa shape index (κ3) is 17.3. The lowest BCUT2D eigenvalue weighted by atomic mass is 10.3. The Morgan fingerprint density at radius 1 is 0.676 bits per heavy atom. The van der Waals surface area contributed by atoms with E-state index >= 15 is 0 Å². The van der Waals surface area contributed by atoms with Gasteiger partial charge in [0.15, 0.2) is 0 Å². The topological polar surface area (TPSA) is 55.4 Å². The van der Waals surface area contributed by atoms with Gasteiger partial charge in [-0.1, -0.05) is 40.5 Å². The molecule has 0 radical (unpaired) electrons. The van der Waals surface area contributed by atoms with Crippen molar-refractivity contribution in [2.45, 2.75) is 53.6 Å². The maximum atomic E-state index is 5.53. The molecule has 0 N–H and O–H groups in total. The van der Waals surface area contributed by atoms with Crippen LogP contribution in [0.5, 0.6) is 0 Å². The number of thiophene rings is 2. The fourth-order valence-electron chi connectivity index (χ4n) is 2.56. The Kier molecular flexibility index (Phi) is 31.3. The molecule has 2 rings (SSSR count). The van der Waals surface area contributed by atoms with Crippen LogP contribution in [0.4, 0.5) is 0 Å². The molecule has 2 heterocycles. The summed E-state index contributed by atoms with van der Waals surface area (Å²) in [6.07, 6.45) is 2.98. The zero-order valence-electron chi connectivity index (χ0n) is 19.4. The third-order valence-electron chi connectivity index (χ3n) is 4.39. The van der Waals surface area contributed by atoms with Crippen molar-refractivity contribution in [2.75, 3.05) is 48.5 Å². The number of halogens is 1. The van der Waals surface area contributed by atoms with Crippen molar-refractivity contribution in [3.63, 3.8) is 0 Å². The Hall–Kier alpha value is -0.116. The molecular weight excluding hydrogens is 528 g/mol. The van der Waals surface area contributed by atoms with Crippen molar-refractivity contribution in [1.82, 2.24) is 0 Å². The first kappa shape index (κ1) is 41.0. The summed E-state index contributed by atoms with van der Waals surface area (Å²) in [5.41, 5.74) is 0. The van der Waals surface area contributed by atoms with Crippen molar-refractivity contribution in [3.8, 4) is 0 Å². The van der Waals surface area contributed by atoms with Gasteiger partial charge in [0.1, 0.15) is 0 Å². The van der Waals surface area contributed by atoms with Crippen LogP contribution in [0.2, 0.25) is 12.1 Å². The first-order valence-corrected chi connectivity index (χ1v) is 16.1. The van der Waals surface area contributed by atoms with Crippen molar-refractivity contribution in [2.24, 2.45) is 0 Å². The highest BCUT2D eigenvalue weighted by Crippen LogP contribution is 2.19. The molecule has 204 valence electrons. The van der Waals surface area contributed by atoms with Gasteiger partial charge in [-0.25, -0.2) is 0 Å². The molecule has 2 aromatic heterocycles. The highest BCUT2D eigenvalue weighted by Gasteiger charge is 2.37. The van der Waals surface area contributed by atoms with E-state index in [-0.39, 0.29) is 22.3 Å². The largest absolute Gasteiger partial charge is 0.500 e. The summed E-state index contributed by atoms with van der Waals surface area (Å²) in [7, 11) is 5.12. The van der Waals surface area contributed by atoms with E-state index in [2.05, 4.69) is 17.5 Å². The van der Waals surface area contributed by atoms with Gasteiger partial charge in [-0.05, 0) is 41.5 Å². The molecule has 0 aromatic carbocycles. The monoisotopic (exact) mass is 576 g/mol.